The summed E-state index contributed by atoms with van der Waals surface area (Å²) in [6, 6.07) is 0. The van der Waals surface area contributed by atoms with E-state index in [2.05, 4.69) is 9.84 Å². The predicted octanol–water partition coefficient (Wildman–Crippen LogP) is 2.89. The number of aromatic nitrogens is 2. The summed E-state index contributed by atoms with van der Waals surface area (Å²) in [5.41, 5.74) is -2.97. The Morgan fingerprint density at radius 3 is 2.67 bits per heavy atom. The molecule has 0 unspecified atom stereocenters. The fourth-order valence-corrected chi connectivity index (χ4v) is 2.40. The third-order valence-electron chi connectivity index (χ3n) is 3.18. The summed E-state index contributed by atoms with van der Waals surface area (Å²) < 4.78 is 71.6. The molecule has 0 bridgehead atoms. The van der Waals surface area contributed by atoms with E-state index in [1.165, 1.54) is 6.92 Å². The quantitative estimate of drug-likeness (QED) is 0.637. The van der Waals surface area contributed by atoms with Gasteiger partial charge in [-0.3, -0.25) is 9.48 Å². The number of hydrogen-bond donors (Lipinski definition) is 0. The first-order valence-electron chi connectivity index (χ1n) is 6.37. The zero-order valence-corrected chi connectivity index (χ0v) is 11.1. The lowest BCUT2D eigenvalue weighted by molar-refractivity contribution is -0.147. The average Bonchev–Trinajstić information content (AvgIpc) is 2.69. The summed E-state index contributed by atoms with van der Waals surface area (Å²) in [5.74, 6) is -4.41. The molecule has 118 valence electrons. The fourth-order valence-electron chi connectivity index (χ4n) is 2.40. The number of ether oxygens (including phenoxy) is 1. The lowest BCUT2D eigenvalue weighted by Gasteiger charge is -2.23. The molecule has 0 radical (unpaired) electrons. The molecule has 1 heterocycles. The Kier molecular flexibility index (Phi) is 3.94. The summed E-state index contributed by atoms with van der Waals surface area (Å²) >= 11 is 0. The third kappa shape index (κ3) is 3.01. The highest BCUT2D eigenvalue weighted by atomic mass is 19.4. The summed E-state index contributed by atoms with van der Waals surface area (Å²) in [7, 11) is 0. The number of halogens is 5. The Bertz CT molecular complexity index is 551. The molecule has 0 aromatic carbocycles. The van der Waals surface area contributed by atoms with Crippen LogP contribution in [0.1, 0.15) is 36.7 Å². The fraction of sp³-hybridized carbons (Fsp3) is 0.667. The Labute approximate surface area is 116 Å². The van der Waals surface area contributed by atoms with E-state index in [0.717, 1.165) is 0 Å². The van der Waals surface area contributed by atoms with Gasteiger partial charge < -0.3 is 4.74 Å². The lowest BCUT2D eigenvalue weighted by atomic mass is 9.92. The molecule has 1 aromatic heterocycles. The topological polar surface area (TPSA) is 44.1 Å². The first-order chi connectivity index (χ1) is 9.66. The van der Waals surface area contributed by atoms with Crippen LogP contribution in [-0.2, 0) is 34.6 Å². The van der Waals surface area contributed by atoms with Crippen molar-refractivity contribution >= 4 is 5.97 Å². The first-order valence-corrected chi connectivity index (χ1v) is 6.37. The average molecular weight is 312 g/mol. The number of carbonyl (C=O) groups excluding carboxylic acids is 1. The molecule has 0 atom stereocenters. The van der Waals surface area contributed by atoms with Crippen molar-refractivity contribution in [3.05, 3.63) is 17.0 Å². The van der Waals surface area contributed by atoms with Crippen LogP contribution < -0.4 is 0 Å². The lowest BCUT2D eigenvalue weighted by Crippen LogP contribution is -2.25. The number of rotatable bonds is 3. The largest absolute Gasteiger partial charge is 0.465 e. The van der Waals surface area contributed by atoms with Crippen molar-refractivity contribution in [1.82, 2.24) is 9.78 Å². The van der Waals surface area contributed by atoms with Crippen molar-refractivity contribution in [2.75, 3.05) is 6.61 Å². The SMILES string of the molecule is CCOC(=O)Cn1nc(C(F)(F)F)c2c1CCCC2(F)F. The molecular weight excluding hydrogens is 299 g/mol. The zero-order valence-electron chi connectivity index (χ0n) is 11.1. The highest BCUT2D eigenvalue weighted by molar-refractivity contribution is 5.69. The molecular formula is C12H13F5N2O2. The van der Waals surface area contributed by atoms with E-state index in [0.29, 0.717) is 4.68 Å². The van der Waals surface area contributed by atoms with Gasteiger partial charge in [-0.1, -0.05) is 0 Å². The van der Waals surface area contributed by atoms with Crippen LogP contribution in [0, 0.1) is 0 Å². The summed E-state index contributed by atoms with van der Waals surface area (Å²) in [6.45, 7) is 0.971. The monoisotopic (exact) mass is 312 g/mol. The van der Waals surface area contributed by atoms with Crippen molar-refractivity contribution in [2.24, 2.45) is 0 Å². The summed E-state index contributed by atoms with van der Waals surface area (Å²) in [5, 5.41) is 3.19. The van der Waals surface area contributed by atoms with Crippen molar-refractivity contribution in [2.45, 2.75) is 44.8 Å². The van der Waals surface area contributed by atoms with Gasteiger partial charge in [-0.2, -0.15) is 18.3 Å². The standard InChI is InChI=1S/C12H13F5N2O2/c1-2-21-8(20)6-19-7-4-3-5-11(13,14)9(7)10(18-19)12(15,16)17/h2-6H2,1H3. The van der Waals surface area contributed by atoms with Crippen LogP contribution >= 0.6 is 0 Å². The number of nitrogens with zero attached hydrogens (tertiary/aromatic N) is 2. The molecule has 1 aromatic rings. The predicted molar refractivity (Wildman–Crippen MR) is 60.7 cm³/mol. The van der Waals surface area contributed by atoms with E-state index in [-0.39, 0.29) is 25.1 Å². The van der Waals surface area contributed by atoms with Crippen LogP contribution in [0.4, 0.5) is 22.0 Å². The molecule has 0 fully saturated rings. The van der Waals surface area contributed by atoms with Crippen LogP contribution in [0.15, 0.2) is 0 Å². The van der Waals surface area contributed by atoms with Gasteiger partial charge in [-0.05, 0) is 19.8 Å². The molecule has 1 aliphatic rings. The Hall–Kier alpha value is -1.67. The highest BCUT2D eigenvalue weighted by Gasteiger charge is 2.49. The maximum Gasteiger partial charge on any atom is 0.435 e. The highest BCUT2D eigenvalue weighted by Crippen LogP contribution is 2.46. The number of fused-ring (bicyclic) bond motifs is 1. The second-order valence-electron chi connectivity index (χ2n) is 4.69. The van der Waals surface area contributed by atoms with Crippen molar-refractivity contribution in [1.29, 1.82) is 0 Å². The third-order valence-corrected chi connectivity index (χ3v) is 3.18. The zero-order chi connectivity index (χ0) is 15.8. The molecule has 4 nitrogen and oxygen atoms in total. The first kappa shape index (κ1) is 15.7. The summed E-state index contributed by atoms with van der Waals surface area (Å²) in [6.07, 6.45) is -5.60. The normalized spacial score (nSPS) is 17.4. The Morgan fingerprint density at radius 1 is 1.43 bits per heavy atom. The minimum atomic E-state index is -5.00. The number of alkyl halides is 5. The maximum atomic E-state index is 13.8. The molecule has 0 aliphatic heterocycles. The molecule has 0 amide bonds. The van der Waals surface area contributed by atoms with Crippen molar-refractivity contribution in [3.63, 3.8) is 0 Å². The molecule has 2 rings (SSSR count). The molecule has 9 heteroatoms. The van der Waals surface area contributed by atoms with Gasteiger partial charge in [0.2, 0.25) is 0 Å². The smallest absolute Gasteiger partial charge is 0.435 e. The molecule has 0 N–H and O–H groups in total. The number of hydrogen-bond acceptors (Lipinski definition) is 3. The van der Waals surface area contributed by atoms with Crippen LogP contribution in [0.3, 0.4) is 0 Å². The second kappa shape index (κ2) is 5.27. The van der Waals surface area contributed by atoms with Crippen molar-refractivity contribution < 1.29 is 31.5 Å². The van der Waals surface area contributed by atoms with Gasteiger partial charge in [0, 0.05) is 12.1 Å². The van der Waals surface area contributed by atoms with Gasteiger partial charge in [-0.15, -0.1) is 0 Å². The van der Waals surface area contributed by atoms with Gasteiger partial charge in [0.25, 0.3) is 5.92 Å². The molecule has 0 spiro atoms. The van der Waals surface area contributed by atoms with Gasteiger partial charge in [0.05, 0.1) is 12.2 Å². The van der Waals surface area contributed by atoms with E-state index in [1.807, 2.05) is 0 Å². The molecule has 21 heavy (non-hydrogen) atoms. The molecule has 0 saturated heterocycles. The minimum absolute atomic E-state index is 0.0212. The molecule has 1 aliphatic carbocycles. The van der Waals surface area contributed by atoms with Crippen LogP contribution in [0.2, 0.25) is 0 Å². The van der Waals surface area contributed by atoms with Crippen LogP contribution in [0.5, 0.6) is 0 Å². The van der Waals surface area contributed by atoms with Gasteiger partial charge in [-0.25, -0.2) is 8.78 Å². The van der Waals surface area contributed by atoms with E-state index in [1.54, 1.807) is 0 Å². The number of esters is 1. The number of carbonyl (C=O) groups is 1. The van der Waals surface area contributed by atoms with Crippen LogP contribution in [0.25, 0.3) is 0 Å². The summed E-state index contributed by atoms with van der Waals surface area (Å²) in [4.78, 5) is 11.4. The van der Waals surface area contributed by atoms with Gasteiger partial charge in [0.1, 0.15) is 6.54 Å². The maximum absolute atomic E-state index is 13.8. The molecule has 0 saturated carbocycles. The van der Waals surface area contributed by atoms with E-state index >= 15 is 0 Å². The van der Waals surface area contributed by atoms with E-state index in [9.17, 15) is 26.7 Å². The van der Waals surface area contributed by atoms with E-state index in [4.69, 9.17) is 0 Å². The second-order valence-corrected chi connectivity index (χ2v) is 4.69. The van der Waals surface area contributed by atoms with Gasteiger partial charge >= 0.3 is 12.1 Å². The van der Waals surface area contributed by atoms with E-state index < -0.39 is 42.3 Å². The van der Waals surface area contributed by atoms with Crippen molar-refractivity contribution in [3.8, 4) is 0 Å². The minimum Gasteiger partial charge on any atom is -0.465 e. The van der Waals surface area contributed by atoms with Crippen LogP contribution in [-0.4, -0.2) is 22.4 Å². The Balaban J connectivity index is 2.49. The Morgan fingerprint density at radius 2 is 2.10 bits per heavy atom. The van der Waals surface area contributed by atoms with Gasteiger partial charge in [0.15, 0.2) is 5.69 Å².